The molecule has 1 heterocycles. The summed E-state index contributed by atoms with van der Waals surface area (Å²) in [6, 6.07) is -0.228. The second kappa shape index (κ2) is 7.46. The Labute approximate surface area is 112 Å². The van der Waals surface area contributed by atoms with Crippen molar-refractivity contribution in [1.82, 2.24) is 4.31 Å². The normalized spacial score (nSPS) is 20.9. The van der Waals surface area contributed by atoms with E-state index in [4.69, 9.17) is 5.73 Å². The standard InChI is InChI=1S/C13H28N2O2S/c1-3-12(4-2)13(14)11-18(16,17)15-9-7-5-6-8-10-15/h12-13H,3-11,14H2,1-2H3. The van der Waals surface area contributed by atoms with Crippen molar-refractivity contribution in [2.75, 3.05) is 18.8 Å². The second-order valence-corrected chi connectivity index (χ2v) is 7.35. The lowest BCUT2D eigenvalue weighted by Crippen LogP contribution is -2.43. The van der Waals surface area contributed by atoms with E-state index >= 15 is 0 Å². The van der Waals surface area contributed by atoms with Crippen LogP contribution in [0, 0.1) is 5.92 Å². The Kier molecular flexibility index (Phi) is 6.60. The zero-order valence-corrected chi connectivity index (χ0v) is 12.6. The maximum absolute atomic E-state index is 12.3. The van der Waals surface area contributed by atoms with Crippen molar-refractivity contribution in [3.05, 3.63) is 0 Å². The van der Waals surface area contributed by atoms with Gasteiger partial charge in [0.05, 0.1) is 5.75 Å². The van der Waals surface area contributed by atoms with Gasteiger partial charge in [0.25, 0.3) is 0 Å². The van der Waals surface area contributed by atoms with Gasteiger partial charge in [-0.1, -0.05) is 39.5 Å². The SMILES string of the molecule is CCC(CC)C(N)CS(=O)(=O)N1CCCCCC1. The number of sulfonamides is 1. The molecule has 0 aliphatic carbocycles. The van der Waals surface area contributed by atoms with Crippen molar-refractivity contribution in [3.63, 3.8) is 0 Å². The topological polar surface area (TPSA) is 63.4 Å². The molecule has 1 aliphatic heterocycles. The summed E-state index contributed by atoms with van der Waals surface area (Å²) in [6.45, 7) is 5.51. The molecule has 1 aliphatic rings. The monoisotopic (exact) mass is 276 g/mol. The number of hydrogen-bond donors (Lipinski definition) is 1. The summed E-state index contributed by atoms with van der Waals surface area (Å²) in [5, 5.41) is 0. The Balaban J connectivity index is 2.62. The Bertz CT molecular complexity index is 318. The fraction of sp³-hybridized carbons (Fsp3) is 1.00. The largest absolute Gasteiger partial charge is 0.326 e. The molecule has 0 spiro atoms. The van der Waals surface area contributed by atoms with Gasteiger partial charge in [-0.15, -0.1) is 0 Å². The molecule has 18 heavy (non-hydrogen) atoms. The van der Waals surface area contributed by atoms with Crippen molar-refractivity contribution in [1.29, 1.82) is 0 Å². The Morgan fingerprint density at radius 3 is 2.00 bits per heavy atom. The van der Waals surface area contributed by atoms with Crippen molar-refractivity contribution in [2.24, 2.45) is 11.7 Å². The van der Waals surface area contributed by atoms with Crippen LogP contribution >= 0.6 is 0 Å². The van der Waals surface area contributed by atoms with Gasteiger partial charge in [0.1, 0.15) is 0 Å². The fourth-order valence-electron chi connectivity index (χ4n) is 2.70. The van der Waals surface area contributed by atoms with Crippen LogP contribution in [0.1, 0.15) is 52.4 Å². The summed E-state index contributed by atoms with van der Waals surface area (Å²) >= 11 is 0. The van der Waals surface area contributed by atoms with E-state index in [1.807, 2.05) is 0 Å². The van der Waals surface area contributed by atoms with Gasteiger partial charge in [-0.25, -0.2) is 12.7 Å². The number of rotatable bonds is 6. The van der Waals surface area contributed by atoms with Crippen LogP contribution in [0.4, 0.5) is 0 Å². The molecule has 0 bridgehead atoms. The van der Waals surface area contributed by atoms with E-state index in [1.54, 1.807) is 4.31 Å². The molecule has 1 atom stereocenters. The van der Waals surface area contributed by atoms with Crippen molar-refractivity contribution in [3.8, 4) is 0 Å². The molecule has 0 radical (unpaired) electrons. The van der Waals surface area contributed by atoms with Crippen LogP contribution in [0.5, 0.6) is 0 Å². The average molecular weight is 276 g/mol. The minimum Gasteiger partial charge on any atom is -0.326 e. The van der Waals surface area contributed by atoms with Crippen molar-refractivity contribution < 1.29 is 8.42 Å². The van der Waals surface area contributed by atoms with Crippen molar-refractivity contribution >= 4 is 10.0 Å². The smallest absolute Gasteiger partial charge is 0.215 e. The maximum atomic E-state index is 12.3. The molecular weight excluding hydrogens is 248 g/mol. The highest BCUT2D eigenvalue weighted by Gasteiger charge is 2.27. The van der Waals surface area contributed by atoms with Gasteiger partial charge in [0.15, 0.2) is 0 Å². The average Bonchev–Trinajstić information content (AvgIpc) is 2.58. The molecule has 0 aromatic carbocycles. The van der Waals surface area contributed by atoms with Gasteiger partial charge in [-0.3, -0.25) is 0 Å². The summed E-state index contributed by atoms with van der Waals surface area (Å²) in [6.07, 6.45) is 6.16. The summed E-state index contributed by atoms with van der Waals surface area (Å²) in [4.78, 5) is 0. The molecule has 0 aromatic rings. The van der Waals surface area contributed by atoms with Crippen LogP contribution in [0.2, 0.25) is 0 Å². The van der Waals surface area contributed by atoms with Crippen LogP contribution in [-0.4, -0.2) is 37.6 Å². The van der Waals surface area contributed by atoms with E-state index in [-0.39, 0.29) is 11.8 Å². The van der Waals surface area contributed by atoms with E-state index < -0.39 is 10.0 Å². The van der Waals surface area contributed by atoms with E-state index in [0.29, 0.717) is 19.0 Å². The third-order valence-electron chi connectivity index (χ3n) is 4.02. The first-order valence-electron chi connectivity index (χ1n) is 7.24. The van der Waals surface area contributed by atoms with Gasteiger partial charge in [0, 0.05) is 19.1 Å². The van der Waals surface area contributed by atoms with E-state index in [9.17, 15) is 8.42 Å². The predicted molar refractivity (Wildman–Crippen MR) is 75.9 cm³/mol. The minimum absolute atomic E-state index is 0.110. The molecule has 0 saturated carbocycles. The van der Waals surface area contributed by atoms with Gasteiger partial charge in [-0.2, -0.15) is 0 Å². The van der Waals surface area contributed by atoms with Gasteiger partial charge in [0.2, 0.25) is 10.0 Å². The molecule has 2 N–H and O–H groups in total. The first kappa shape index (κ1) is 15.9. The number of hydrogen-bond acceptors (Lipinski definition) is 3. The molecule has 0 amide bonds. The summed E-state index contributed by atoms with van der Waals surface area (Å²) < 4.78 is 26.3. The number of nitrogens with two attached hydrogens (primary N) is 1. The molecule has 1 saturated heterocycles. The molecule has 1 unspecified atom stereocenters. The van der Waals surface area contributed by atoms with Crippen LogP contribution in [-0.2, 0) is 10.0 Å². The molecule has 0 aromatic heterocycles. The summed E-state index contributed by atoms with van der Waals surface area (Å²) in [5.74, 6) is 0.422. The number of nitrogens with zero attached hydrogens (tertiary/aromatic N) is 1. The molecule has 5 heteroatoms. The van der Waals surface area contributed by atoms with E-state index in [0.717, 1.165) is 38.5 Å². The maximum Gasteiger partial charge on any atom is 0.215 e. The lowest BCUT2D eigenvalue weighted by molar-refractivity contribution is 0.391. The van der Waals surface area contributed by atoms with Gasteiger partial charge < -0.3 is 5.73 Å². The molecule has 1 rings (SSSR count). The van der Waals surface area contributed by atoms with Crippen LogP contribution in [0.15, 0.2) is 0 Å². The Morgan fingerprint density at radius 2 is 1.56 bits per heavy atom. The van der Waals surface area contributed by atoms with Crippen LogP contribution in [0.25, 0.3) is 0 Å². The van der Waals surface area contributed by atoms with E-state index in [1.165, 1.54) is 0 Å². The predicted octanol–water partition coefficient (Wildman–Crippen LogP) is 1.96. The molecular formula is C13H28N2O2S. The van der Waals surface area contributed by atoms with Crippen LogP contribution < -0.4 is 5.73 Å². The quantitative estimate of drug-likeness (QED) is 0.806. The van der Waals surface area contributed by atoms with Crippen molar-refractivity contribution in [2.45, 2.75) is 58.4 Å². The third kappa shape index (κ3) is 4.52. The Morgan fingerprint density at radius 1 is 1.06 bits per heavy atom. The van der Waals surface area contributed by atoms with Crippen LogP contribution in [0.3, 0.4) is 0 Å². The molecule has 1 fully saturated rings. The zero-order chi connectivity index (χ0) is 13.6. The lowest BCUT2D eigenvalue weighted by atomic mass is 9.96. The lowest BCUT2D eigenvalue weighted by Gasteiger charge is -2.25. The Hall–Kier alpha value is -0.130. The first-order valence-corrected chi connectivity index (χ1v) is 8.85. The third-order valence-corrected chi connectivity index (χ3v) is 5.97. The van der Waals surface area contributed by atoms with E-state index in [2.05, 4.69) is 13.8 Å². The fourth-order valence-corrected chi connectivity index (χ4v) is 4.48. The zero-order valence-electron chi connectivity index (χ0n) is 11.8. The molecule has 108 valence electrons. The highest BCUT2D eigenvalue weighted by atomic mass is 32.2. The highest BCUT2D eigenvalue weighted by Crippen LogP contribution is 2.18. The minimum atomic E-state index is -3.16. The summed E-state index contributed by atoms with van der Waals surface area (Å²) in [7, 11) is -3.16. The summed E-state index contributed by atoms with van der Waals surface area (Å²) in [5.41, 5.74) is 6.07. The van der Waals surface area contributed by atoms with Gasteiger partial charge >= 0.3 is 0 Å². The van der Waals surface area contributed by atoms with Gasteiger partial charge in [-0.05, 0) is 18.8 Å². The highest BCUT2D eigenvalue weighted by molar-refractivity contribution is 7.89. The second-order valence-electron chi connectivity index (χ2n) is 5.33. The molecule has 4 nitrogen and oxygen atoms in total. The first-order chi connectivity index (χ1) is 8.51.